The van der Waals surface area contributed by atoms with E-state index in [1.165, 1.54) is 6.33 Å². The van der Waals surface area contributed by atoms with Crippen LogP contribution in [-0.2, 0) is 11.2 Å². The molecule has 0 saturated carbocycles. The highest BCUT2D eigenvalue weighted by molar-refractivity contribution is 5.48. The molecule has 1 aromatic heterocycles. The largest absolute Gasteiger partial charge is 0.475 e. The highest BCUT2D eigenvalue weighted by Crippen LogP contribution is 2.23. The van der Waals surface area contributed by atoms with Gasteiger partial charge in [0.05, 0.1) is 18.3 Å². The van der Waals surface area contributed by atoms with E-state index in [0.29, 0.717) is 19.1 Å². The van der Waals surface area contributed by atoms with E-state index in [9.17, 15) is 0 Å². The van der Waals surface area contributed by atoms with Crippen molar-refractivity contribution >= 4 is 5.82 Å². The zero-order chi connectivity index (χ0) is 14.1. The van der Waals surface area contributed by atoms with Crippen LogP contribution >= 0.6 is 0 Å². The van der Waals surface area contributed by atoms with Crippen molar-refractivity contribution in [2.75, 3.05) is 25.1 Å². The van der Waals surface area contributed by atoms with Crippen LogP contribution in [0.5, 0.6) is 5.88 Å². The Bertz CT molecular complexity index is 370. The molecular weight excluding hydrogens is 242 g/mol. The summed E-state index contributed by atoms with van der Waals surface area (Å²) in [5.41, 5.74) is 1.05. The summed E-state index contributed by atoms with van der Waals surface area (Å²) in [6, 6.07) is 0. The Morgan fingerprint density at radius 1 is 1.21 bits per heavy atom. The summed E-state index contributed by atoms with van der Waals surface area (Å²) in [4.78, 5) is 8.50. The third-order valence-electron chi connectivity index (χ3n) is 2.52. The third kappa shape index (κ3) is 5.42. The molecule has 0 atom stereocenters. The van der Waals surface area contributed by atoms with Crippen molar-refractivity contribution in [2.24, 2.45) is 0 Å². The molecule has 1 rings (SSSR count). The molecule has 0 amide bonds. The van der Waals surface area contributed by atoms with E-state index in [4.69, 9.17) is 9.47 Å². The van der Waals surface area contributed by atoms with E-state index >= 15 is 0 Å². The molecule has 5 nitrogen and oxygen atoms in total. The van der Waals surface area contributed by atoms with Crippen molar-refractivity contribution in [1.82, 2.24) is 9.97 Å². The average Bonchev–Trinajstić information content (AvgIpc) is 2.38. The standard InChI is InChI=1S/C14H25N3O2/c1-5-7-12-13(15-6-2)16-10-17-14(12)19-9-8-18-11(3)4/h10-11H,5-9H2,1-4H3,(H,15,16,17). The van der Waals surface area contributed by atoms with Crippen LogP contribution in [0.25, 0.3) is 0 Å². The van der Waals surface area contributed by atoms with Gasteiger partial charge in [-0.3, -0.25) is 0 Å². The Kier molecular flexibility index (Phi) is 7.18. The summed E-state index contributed by atoms with van der Waals surface area (Å²) < 4.78 is 11.2. The molecule has 1 aromatic rings. The number of hydrogen-bond donors (Lipinski definition) is 1. The SMILES string of the molecule is CCCc1c(NCC)ncnc1OCCOC(C)C. The van der Waals surface area contributed by atoms with Gasteiger partial charge in [-0.15, -0.1) is 0 Å². The van der Waals surface area contributed by atoms with Crippen LogP contribution in [-0.4, -0.2) is 35.8 Å². The van der Waals surface area contributed by atoms with E-state index in [1.807, 2.05) is 13.8 Å². The second kappa shape index (κ2) is 8.69. The number of rotatable bonds is 9. The number of anilines is 1. The Morgan fingerprint density at radius 2 is 2.00 bits per heavy atom. The summed E-state index contributed by atoms with van der Waals surface area (Å²) in [5.74, 6) is 1.54. The Balaban J connectivity index is 2.67. The van der Waals surface area contributed by atoms with Crippen molar-refractivity contribution in [3.63, 3.8) is 0 Å². The molecule has 0 radical (unpaired) electrons. The quantitative estimate of drug-likeness (QED) is 0.697. The minimum Gasteiger partial charge on any atom is -0.475 e. The second-order valence-electron chi connectivity index (χ2n) is 4.55. The molecule has 1 heterocycles. The van der Waals surface area contributed by atoms with Crippen molar-refractivity contribution in [3.8, 4) is 5.88 Å². The Hall–Kier alpha value is -1.36. The van der Waals surface area contributed by atoms with Gasteiger partial charge >= 0.3 is 0 Å². The number of nitrogens with one attached hydrogen (secondary N) is 1. The molecule has 5 heteroatoms. The van der Waals surface area contributed by atoms with E-state index in [0.717, 1.165) is 30.8 Å². The third-order valence-corrected chi connectivity index (χ3v) is 2.52. The first-order valence-electron chi connectivity index (χ1n) is 7.01. The number of ether oxygens (including phenoxy) is 2. The first-order chi connectivity index (χ1) is 9.19. The number of hydrogen-bond acceptors (Lipinski definition) is 5. The molecule has 0 aliphatic heterocycles. The van der Waals surface area contributed by atoms with Gasteiger partial charge in [-0.1, -0.05) is 13.3 Å². The minimum atomic E-state index is 0.224. The summed E-state index contributed by atoms with van der Waals surface area (Å²) in [7, 11) is 0. The number of aromatic nitrogens is 2. The van der Waals surface area contributed by atoms with Crippen LogP contribution in [0.3, 0.4) is 0 Å². The van der Waals surface area contributed by atoms with E-state index in [1.54, 1.807) is 0 Å². The lowest BCUT2D eigenvalue weighted by molar-refractivity contribution is 0.0540. The molecule has 0 aliphatic carbocycles. The van der Waals surface area contributed by atoms with Crippen LogP contribution in [0, 0.1) is 0 Å². The maximum atomic E-state index is 5.71. The maximum Gasteiger partial charge on any atom is 0.221 e. The van der Waals surface area contributed by atoms with Gasteiger partial charge in [0.25, 0.3) is 0 Å². The van der Waals surface area contributed by atoms with Crippen molar-refractivity contribution < 1.29 is 9.47 Å². The molecule has 0 spiro atoms. The number of nitrogens with zero attached hydrogens (tertiary/aromatic N) is 2. The van der Waals surface area contributed by atoms with Gasteiger partial charge in [-0.05, 0) is 27.2 Å². The van der Waals surface area contributed by atoms with E-state index in [-0.39, 0.29) is 6.10 Å². The summed E-state index contributed by atoms with van der Waals surface area (Å²) in [6.07, 6.45) is 3.70. The molecule has 0 aromatic carbocycles. The van der Waals surface area contributed by atoms with E-state index in [2.05, 4.69) is 29.1 Å². The van der Waals surface area contributed by atoms with Gasteiger partial charge in [0.2, 0.25) is 5.88 Å². The lowest BCUT2D eigenvalue weighted by atomic mass is 10.1. The summed E-state index contributed by atoms with van der Waals surface area (Å²) in [6.45, 7) is 10.1. The molecule has 1 N–H and O–H groups in total. The minimum absolute atomic E-state index is 0.224. The van der Waals surface area contributed by atoms with Crippen molar-refractivity contribution in [1.29, 1.82) is 0 Å². The Morgan fingerprint density at radius 3 is 2.63 bits per heavy atom. The van der Waals surface area contributed by atoms with Crippen LogP contribution in [0.4, 0.5) is 5.82 Å². The Labute approximate surface area is 115 Å². The summed E-state index contributed by atoms with van der Waals surface area (Å²) in [5, 5.41) is 3.25. The van der Waals surface area contributed by atoms with Gasteiger partial charge in [0.15, 0.2) is 0 Å². The highest BCUT2D eigenvalue weighted by atomic mass is 16.5. The first kappa shape index (κ1) is 15.7. The second-order valence-corrected chi connectivity index (χ2v) is 4.55. The average molecular weight is 267 g/mol. The van der Waals surface area contributed by atoms with Crippen LogP contribution in [0.15, 0.2) is 6.33 Å². The summed E-state index contributed by atoms with van der Waals surface area (Å²) >= 11 is 0. The maximum absolute atomic E-state index is 5.71. The van der Waals surface area contributed by atoms with Crippen LogP contribution in [0.2, 0.25) is 0 Å². The predicted molar refractivity (Wildman–Crippen MR) is 76.8 cm³/mol. The lowest BCUT2D eigenvalue weighted by Gasteiger charge is -2.14. The fraction of sp³-hybridized carbons (Fsp3) is 0.714. The van der Waals surface area contributed by atoms with Crippen LogP contribution in [0.1, 0.15) is 39.7 Å². The highest BCUT2D eigenvalue weighted by Gasteiger charge is 2.11. The zero-order valence-electron chi connectivity index (χ0n) is 12.4. The van der Waals surface area contributed by atoms with Gasteiger partial charge in [0.1, 0.15) is 18.8 Å². The van der Waals surface area contributed by atoms with Gasteiger partial charge in [0, 0.05) is 6.54 Å². The normalized spacial score (nSPS) is 10.8. The van der Waals surface area contributed by atoms with E-state index < -0.39 is 0 Å². The monoisotopic (exact) mass is 267 g/mol. The molecule has 108 valence electrons. The molecule has 0 saturated heterocycles. The predicted octanol–water partition coefficient (Wildman–Crippen LogP) is 2.66. The van der Waals surface area contributed by atoms with Gasteiger partial charge in [-0.25, -0.2) is 9.97 Å². The first-order valence-corrected chi connectivity index (χ1v) is 7.01. The van der Waals surface area contributed by atoms with Crippen molar-refractivity contribution in [3.05, 3.63) is 11.9 Å². The molecule has 0 bridgehead atoms. The molecule has 0 aliphatic rings. The molecule has 19 heavy (non-hydrogen) atoms. The topological polar surface area (TPSA) is 56.3 Å². The smallest absolute Gasteiger partial charge is 0.221 e. The fourth-order valence-electron chi connectivity index (χ4n) is 1.74. The molecular formula is C14H25N3O2. The van der Waals surface area contributed by atoms with Crippen molar-refractivity contribution in [2.45, 2.75) is 46.6 Å². The molecule has 0 fully saturated rings. The van der Waals surface area contributed by atoms with Gasteiger partial charge in [-0.2, -0.15) is 0 Å². The molecule has 0 unspecified atom stereocenters. The van der Waals surface area contributed by atoms with Gasteiger partial charge < -0.3 is 14.8 Å². The fourth-order valence-corrected chi connectivity index (χ4v) is 1.74. The zero-order valence-corrected chi connectivity index (χ0v) is 12.4. The van der Waals surface area contributed by atoms with Crippen LogP contribution < -0.4 is 10.1 Å². The lowest BCUT2D eigenvalue weighted by Crippen LogP contribution is -2.14.